The van der Waals surface area contributed by atoms with Gasteiger partial charge in [0.1, 0.15) is 0 Å². The Balaban J connectivity index is 0.887. The van der Waals surface area contributed by atoms with Crippen LogP contribution in [0.3, 0.4) is 0 Å². The Labute approximate surface area is 376 Å². The third-order valence-electron chi connectivity index (χ3n) is 14.5. The van der Waals surface area contributed by atoms with Gasteiger partial charge in [-0.2, -0.15) is 0 Å². The van der Waals surface area contributed by atoms with Gasteiger partial charge in [-0.3, -0.25) is 4.98 Å². The van der Waals surface area contributed by atoms with Crippen molar-refractivity contribution in [3.8, 4) is 44.9 Å². The lowest BCUT2D eigenvalue weighted by atomic mass is 9.81. The summed E-state index contributed by atoms with van der Waals surface area (Å²) in [5.74, 6) is 0. The highest BCUT2D eigenvalue weighted by atomic mass is 15.0. The van der Waals surface area contributed by atoms with Gasteiger partial charge < -0.3 is 9.13 Å². The molecule has 65 heavy (non-hydrogen) atoms. The fourth-order valence-electron chi connectivity index (χ4n) is 11.3. The van der Waals surface area contributed by atoms with Gasteiger partial charge in [0.25, 0.3) is 0 Å². The molecule has 304 valence electrons. The first-order valence-corrected chi connectivity index (χ1v) is 22.6. The number of hydrogen-bond acceptors (Lipinski definition) is 1. The van der Waals surface area contributed by atoms with Crippen molar-refractivity contribution in [2.45, 2.75) is 19.3 Å². The molecule has 0 bridgehead atoms. The lowest BCUT2D eigenvalue weighted by Crippen LogP contribution is -2.15. The van der Waals surface area contributed by atoms with E-state index in [4.69, 9.17) is 0 Å². The van der Waals surface area contributed by atoms with Crippen molar-refractivity contribution < 1.29 is 0 Å². The van der Waals surface area contributed by atoms with Crippen molar-refractivity contribution in [3.05, 3.63) is 224 Å². The molecular weight excluding hydrogens is 787 g/mol. The maximum absolute atomic E-state index is 4.65. The van der Waals surface area contributed by atoms with E-state index in [-0.39, 0.29) is 5.41 Å². The highest BCUT2D eigenvalue weighted by Crippen LogP contribution is 2.51. The van der Waals surface area contributed by atoms with Crippen LogP contribution in [-0.2, 0) is 5.41 Å². The monoisotopic (exact) mass is 827 g/mol. The summed E-state index contributed by atoms with van der Waals surface area (Å²) < 4.78 is 4.91. The van der Waals surface area contributed by atoms with Crippen molar-refractivity contribution in [2.75, 3.05) is 0 Å². The van der Waals surface area contributed by atoms with E-state index in [1.54, 1.807) is 0 Å². The third-order valence-corrected chi connectivity index (χ3v) is 14.5. The van der Waals surface area contributed by atoms with E-state index in [0.717, 1.165) is 16.9 Å². The quantitative estimate of drug-likeness (QED) is 0.162. The van der Waals surface area contributed by atoms with Gasteiger partial charge in [-0.05, 0) is 151 Å². The summed E-state index contributed by atoms with van der Waals surface area (Å²) in [6.07, 6.45) is 1.87. The maximum atomic E-state index is 4.65. The first-order chi connectivity index (χ1) is 32.0. The van der Waals surface area contributed by atoms with Crippen molar-refractivity contribution in [1.29, 1.82) is 0 Å². The van der Waals surface area contributed by atoms with Crippen LogP contribution in [0.5, 0.6) is 0 Å². The number of rotatable bonds is 4. The normalized spacial score (nSPS) is 13.2. The van der Waals surface area contributed by atoms with Crippen molar-refractivity contribution >= 4 is 75.9 Å². The molecule has 10 aromatic carbocycles. The molecule has 13 aromatic rings. The van der Waals surface area contributed by atoms with Gasteiger partial charge in [0.15, 0.2) is 0 Å². The van der Waals surface area contributed by atoms with Gasteiger partial charge in [0, 0.05) is 49.8 Å². The number of hydrogen-bond donors (Lipinski definition) is 0. The van der Waals surface area contributed by atoms with Crippen LogP contribution in [-0.4, -0.2) is 14.1 Å². The molecule has 1 aliphatic rings. The van der Waals surface area contributed by atoms with Crippen molar-refractivity contribution in [1.82, 2.24) is 14.1 Å². The number of fused-ring (bicyclic) bond motifs is 12. The Bertz CT molecular complexity index is 4140. The van der Waals surface area contributed by atoms with E-state index in [1.165, 1.54) is 115 Å². The zero-order valence-electron chi connectivity index (χ0n) is 36.0. The molecule has 0 fully saturated rings. The van der Waals surface area contributed by atoms with Crippen LogP contribution in [0.2, 0.25) is 0 Å². The molecule has 3 heteroatoms. The predicted octanol–water partition coefficient (Wildman–Crippen LogP) is 16.4. The topological polar surface area (TPSA) is 22.8 Å². The molecule has 1 aliphatic carbocycles. The van der Waals surface area contributed by atoms with E-state index in [1.807, 2.05) is 12.3 Å². The standard InChI is InChI=1S/C62H41N3/c1-62(2)54-35-41(22-26-48(54)49-27-23-42(36-55(49)62)56-17-9-10-29-63-56)40-24-28-60-52(33-40)50-15-5-7-18-58(50)64(60)46-25-21-39-30-44-34-53-51-16-6-8-19-59(51)65(61(53)37-45(44)31-43(39)32-46)57-20-11-13-38-12-3-4-14-47(38)57/h3-37H,1-2H3. The number of pyridine rings is 1. The maximum Gasteiger partial charge on any atom is 0.0702 e. The minimum Gasteiger partial charge on any atom is -0.309 e. The van der Waals surface area contributed by atoms with E-state index in [0.29, 0.717) is 0 Å². The Morgan fingerprint density at radius 2 is 0.954 bits per heavy atom. The minimum absolute atomic E-state index is 0.145. The molecule has 3 aromatic heterocycles. The van der Waals surface area contributed by atoms with Gasteiger partial charge in [-0.1, -0.05) is 129 Å². The summed E-state index contributed by atoms with van der Waals surface area (Å²) >= 11 is 0. The largest absolute Gasteiger partial charge is 0.309 e. The fraction of sp³-hybridized carbons (Fsp3) is 0.0484. The number of aromatic nitrogens is 3. The number of nitrogens with zero attached hydrogens (tertiary/aromatic N) is 3. The lowest BCUT2D eigenvalue weighted by molar-refractivity contribution is 0.661. The smallest absolute Gasteiger partial charge is 0.0702 e. The molecule has 0 saturated heterocycles. The van der Waals surface area contributed by atoms with E-state index < -0.39 is 0 Å². The van der Waals surface area contributed by atoms with Gasteiger partial charge in [-0.15, -0.1) is 0 Å². The Kier molecular flexibility index (Phi) is 7.45. The van der Waals surface area contributed by atoms with Gasteiger partial charge >= 0.3 is 0 Å². The summed E-state index contributed by atoms with van der Waals surface area (Å²) in [6.45, 7) is 4.72. The summed E-state index contributed by atoms with van der Waals surface area (Å²) in [6, 6.07) is 76.6. The van der Waals surface area contributed by atoms with Crippen LogP contribution in [0.1, 0.15) is 25.0 Å². The first-order valence-electron chi connectivity index (χ1n) is 22.6. The second kappa shape index (κ2) is 13.4. The molecule has 0 radical (unpaired) electrons. The van der Waals surface area contributed by atoms with E-state index in [2.05, 4.69) is 228 Å². The third kappa shape index (κ3) is 5.27. The van der Waals surface area contributed by atoms with Gasteiger partial charge in [-0.25, -0.2) is 0 Å². The molecule has 3 nitrogen and oxygen atoms in total. The Morgan fingerprint density at radius 1 is 0.354 bits per heavy atom. The van der Waals surface area contributed by atoms with Gasteiger partial charge in [0.2, 0.25) is 0 Å². The second-order valence-electron chi connectivity index (χ2n) is 18.4. The molecule has 0 atom stereocenters. The van der Waals surface area contributed by atoms with Crippen LogP contribution in [0.15, 0.2) is 212 Å². The molecular formula is C62H41N3. The van der Waals surface area contributed by atoms with E-state index >= 15 is 0 Å². The Morgan fingerprint density at radius 3 is 1.75 bits per heavy atom. The molecule has 0 N–H and O–H groups in total. The summed E-state index contributed by atoms with van der Waals surface area (Å²) in [7, 11) is 0. The Hall–Kier alpha value is -8.27. The highest BCUT2D eigenvalue weighted by molar-refractivity contribution is 6.16. The van der Waals surface area contributed by atoms with Crippen LogP contribution in [0, 0.1) is 0 Å². The summed E-state index contributed by atoms with van der Waals surface area (Å²) in [5.41, 5.74) is 17.0. The zero-order chi connectivity index (χ0) is 43.0. The average molecular weight is 828 g/mol. The molecule has 0 saturated carbocycles. The molecule has 14 rings (SSSR count). The molecule has 0 unspecified atom stereocenters. The molecule has 0 spiro atoms. The van der Waals surface area contributed by atoms with Crippen LogP contribution >= 0.6 is 0 Å². The zero-order valence-corrected chi connectivity index (χ0v) is 36.0. The highest BCUT2D eigenvalue weighted by Gasteiger charge is 2.36. The fourth-order valence-corrected chi connectivity index (χ4v) is 11.3. The van der Waals surface area contributed by atoms with Crippen LogP contribution in [0.25, 0.3) is 121 Å². The molecule has 3 heterocycles. The van der Waals surface area contributed by atoms with E-state index in [9.17, 15) is 0 Å². The SMILES string of the molecule is CC1(C)c2cc(-c3ccc4c(c3)c3ccccc3n4-c3ccc4cc5cc6c7ccccc7n(-c7cccc8ccccc78)c6cc5cc4c3)ccc2-c2ccc(-c3ccccn3)cc21. The predicted molar refractivity (Wildman–Crippen MR) is 274 cm³/mol. The minimum atomic E-state index is -0.145. The second-order valence-corrected chi connectivity index (χ2v) is 18.4. The van der Waals surface area contributed by atoms with Crippen LogP contribution < -0.4 is 0 Å². The van der Waals surface area contributed by atoms with Gasteiger partial charge in [0.05, 0.1) is 33.4 Å². The lowest BCUT2D eigenvalue weighted by Gasteiger charge is -2.22. The van der Waals surface area contributed by atoms with Crippen molar-refractivity contribution in [3.63, 3.8) is 0 Å². The summed E-state index contributed by atoms with van der Waals surface area (Å²) in [5, 5.41) is 12.5. The molecule has 0 aliphatic heterocycles. The number of para-hydroxylation sites is 2. The average Bonchev–Trinajstić information content (AvgIpc) is 3.94. The number of benzene rings is 10. The molecule has 0 amide bonds. The first kappa shape index (κ1) is 36.2. The summed E-state index contributed by atoms with van der Waals surface area (Å²) in [4.78, 5) is 4.65. The van der Waals surface area contributed by atoms with Crippen LogP contribution in [0.4, 0.5) is 0 Å². The van der Waals surface area contributed by atoms with Crippen molar-refractivity contribution in [2.24, 2.45) is 0 Å².